The average Bonchev–Trinajstić information content (AvgIpc) is 2.75. The van der Waals surface area contributed by atoms with Gasteiger partial charge in [-0.15, -0.1) is 0 Å². The van der Waals surface area contributed by atoms with E-state index >= 15 is 0 Å². The molecule has 6 heteroatoms. The third kappa shape index (κ3) is 1.65. The van der Waals surface area contributed by atoms with Gasteiger partial charge in [0.25, 0.3) is 5.78 Å². The van der Waals surface area contributed by atoms with Crippen LogP contribution in [0.15, 0.2) is 25.2 Å². The normalized spacial score (nSPS) is 10.3. The molecule has 2 heterocycles. The quantitative estimate of drug-likeness (QED) is 0.562. The summed E-state index contributed by atoms with van der Waals surface area (Å²) in [5.41, 5.74) is 1.02. The molecule has 0 fully saturated rings. The predicted molar refractivity (Wildman–Crippen MR) is 56.0 cm³/mol. The van der Waals surface area contributed by atoms with Gasteiger partial charge in [-0.1, -0.05) is 12.7 Å². The fourth-order valence-corrected chi connectivity index (χ4v) is 1.30. The minimum Gasteiger partial charge on any atom is -0.458 e. The van der Waals surface area contributed by atoms with Gasteiger partial charge < -0.3 is 4.74 Å². The van der Waals surface area contributed by atoms with Gasteiger partial charge in [-0.05, 0) is 6.92 Å². The highest BCUT2D eigenvalue weighted by Crippen LogP contribution is 2.08. The molecule has 2 aromatic rings. The maximum Gasteiger partial charge on any atom is 0.341 e. The van der Waals surface area contributed by atoms with Gasteiger partial charge in [-0.25, -0.2) is 14.3 Å². The van der Waals surface area contributed by atoms with Crippen molar-refractivity contribution in [2.45, 2.75) is 6.92 Å². The topological polar surface area (TPSA) is 69.4 Å². The van der Waals surface area contributed by atoms with E-state index in [0.29, 0.717) is 17.0 Å². The van der Waals surface area contributed by atoms with E-state index in [1.165, 1.54) is 23.1 Å². The van der Waals surface area contributed by atoms with Crippen LogP contribution < -0.4 is 0 Å². The number of aryl methyl sites for hydroxylation is 1. The van der Waals surface area contributed by atoms with Crippen LogP contribution in [0.25, 0.3) is 5.78 Å². The summed E-state index contributed by atoms with van der Waals surface area (Å²) in [5.74, 6) is 0.0140. The van der Waals surface area contributed by atoms with Crippen LogP contribution in [0.3, 0.4) is 0 Å². The van der Waals surface area contributed by atoms with E-state index in [9.17, 15) is 4.79 Å². The molecule has 2 aromatic heterocycles. The Labute approximate surface area is 91.6 Å². The van der Waals surface area contributed by atoms with Crippen molar-refractivity contribution in [2.75, 3.05) is 6.61 Å². The molecule has 0 bridgehead atoms. The summed E-state index contributed by atoms with van der Waals surface area (Å²) in [6.07, 6.45) is 4.33. The maximum atomic E-state index is 11.6. The van der Waals surface area contributed by atoms with E-state index in [4.69, 9.17) is 4.74 Å². The van der Waals surface area contributed by atoms with Gasteiger partial charge in [0.05, 0.1) is 11.3 Å². The Morgan fingerprint density at radius 3 is 3.19 bits per heavy atom. The van der Waals surface area contributed by atoms with Gasteiger partial charge in [0, 0.05) is 6.20 Å². The van der Waals surface area contributed by atoms with E-state index in [0.717, 1.165) is 0 Å². The fourth-order valence-electron chi connectivity index (χ4n) is 1.30. The number of carbonyl (C=O) groups is 1. The van der Waals surface area contributed by atoms with E-state index in [2.05, 4.69) is 21.6 Å². The van der Waals surface area contributed by atoms with Crippen LogP contribution in [0.5, 0.6) is 0 Å². The zero-order valence-electron chi connectivity index (χ0n) is 8.75. The number of fused-ring (bicyclic) bond motifs is 1. The van der Waals surface area contributed by atoms with Crippen molar-refractivity contribution in [3.8, 4) is 0 Å². The summed E-state index contributed by atoms with van der Waals surface area (Å²) >= 11 is 0. The summed E-state index contributed by atoms with van der Waals surface area (Å²) in [6, 6.07) is 0. The molecule has 0 unspecified atom stereocenters. The highest BCUT2D eigenvalue weighted by molar-refractivity contribution is 5.90. The minimum atomic E-state index is -0.442. The second kappa shape index (κ2) is 4.09. The average molecular weight is 218 g/mol. The van der Waals surface area contributed by atoms with Gasteiger partial charge in [-0.2, -0.15) is 10.1 Å². The van der Waals surface area contributed by atoms with E-state index in [1.54, 1.807) is 6.92 Å². The molecule has 0 aliphatic rings. The first-order valence-corrected chi connectivity index (χ1v) is 4.67. The Morgan fingerprint density at radius 2 is 2.44 bits per heavy atom. The Balaban J connectivity index is 2.40. The number of rotatable bonds is 3. The molecule has 2 rings (SSSR count). The molecule has 0 spiro atoms. The number of esters is 1. The number of hydrogen-bond acceptors (Lipinski definition) is 5. The third-order valence-electron chi connectivity index (χ3n) is 2.10. The van der Waals surface area contributed by atoms with Crippen LogP contribution in [-0.4, -0.2) is 32.2 Å². The lowest BCUT2D eigenvalue weighted by Gasteiger charge is -2.05. The van der Waals surface area contributed by atoms with Crippen LogP contribution in [0.2, 0.25) is 0 Å². The molecule has 16 heavy (non-hydrogen) atoms. The molecule has 0 saturated heterocycles. The highest BCUT2D eigenvalue weighted by Gasteiger charge is 2.14. The second-order valence-electron chi connectivity index (χ2n) is 3.12. The molecule has 0 amide bonds. The molecule has 0 aromatic carbocycles. The lowest BCUT2D eigenvalue weighted by Crippen LogP contribution is -2.11. The smallest absolute Gasteiger partial charge is 0.341 e. The summed E-state index contributed by atoms with van der Waals surface area (Å²) in [4.78, 5) is 19.5. The molecule has 0 N–H and O–H groups in total. The van der Waals surface area contributed by atoms with Crippen molar-refractivity contribution in [2.24, 2.45) is 0 Å². The summed E-state index contributed by atoms with van der Waals surface area (Å²) in [6.45, 7) is 5.40. The minimum absolute atomic E-state index is 0.174. The zero-order valence-corrected chi connectivity index (χ0v) is 8.75. The van der Waals surface area contributed by atoms with Crippen molar-refractivity contribution in [1.29, 1.82) is 0 Å². The first-order valence-electron chi connectivity index (χ1n) is 4.67. The van der Waals surface area contributed by atoms with E-state index in [-0.39, 0.29) is 6.61 Å². The van der Waals surface area contributed by atoms with Gasteiger partial charge >= 0.3 is 5.97 Å². The molecule has 0 radical (unpaired) electrons. The SMILES string of the molecule is C=CCOC(=O)c1cnc2ncnn2c1C. The third-order valence-corrected chi connectivity index (χ3v) is 2.10. The Bertz CT molecular complexity index is 547. The Kier molecular flexibility index (Phi) is 2.63. The first-order chi connectivity index (χ1) is 7.74. The van der Waals surface area contributed by atoms with Crippen LogP contribution in [0.4, 0.5) is 0 Å². The standard InChI is InChI=1S/C10H10N4O2/c1-3-4-16-9(15)8-5-11-10-12-6-13-14(10)7(8)2/h3,5-6H,1,4H2,2H3. The van der Waals surface area contributed by atoms with E-state index < -0.39 is 5.97 Å². The predicted octanol–water partition coefficient (Wildman–Crippen LogP) is 0.776. The molecule has 0 atom stereocenters. The molecule has 0 saturated carbocycles. The highest BCUT2D eigenvalue weighted by atomic mass is 16.5. The molecule has 6 nitrogen and oxygen atoms in total. The molecular formula is C10H10N4O2. The molecular weight excluding hydrogens is 208 g/mol. The molecule has 0 aliphatic carbocycles. The molecule has 82 valence electrons. The number of hydrogen-bond donors (Lipinski definition) is 0. The van der Waals surface area contributed by atoms with E-state index in [1.807, 2.05) is 0 Å². The van der Waals surface area contributed by atoms with Crippen molar-refractivity contribution in [1.82, 2.24) is 19.6 Å². The van der Waals surface area contributed by atoms with Crippen molar-refractivity contribution in [3.63, 3.8) is 0 Å². The number of aromatic nitrogens is 4. The largest absolute Gasteiger partial charge is 0.458 e. The summed E-state index contributed by atoms with van der Waals surface area (Å²) < 4.78 is 6.42. The van der Waals surface area contributed by atoms with Crippen molar-refractivity contribution >= 4 is 11.7 Å². The number of nitrogens with zero attached hydrogens (tertiary/aromatic N) is 4. The lowest BCUT2D eigenvalue weighted by molar-refractivity contribution is 0.0547. The monoisotopic (exact) mass is 218 g/mol. The van der Waals surface area contributed by atoms with Crippen LogP contribution in [-0.2, 0) is 4.74 Å². The van der Waals surface area contributed by atoms with Crippen LogP contribution in [0, 0.1) is 6.92 Å². The van der Waals surface area contributed by atoms with Gasteiger partial charge in [0.2, 0.25) is 0 Å². The van der Waals surface area contributed by atoms with Gasteiger partial charge in [-0.3, -0.25) is 0 Å². The van der Waals surface area contributed by atoms with Crippen LogP contribution in [0.1, 0.15) is 16.1 Å². The number of carbonyl (C=O) groups excluding carboxylic acids is 1. The van der Waals surface area contributed by atoms with Crippen LogP contribution >= 0.6 is 0 Å². The van der Waals surface area contributed by atoms with Gasteiger partial charge in [0.15, 0.2) is 0 Å². The maximum absolute atomic E-state index is 11.6. The van der Waals surface area contributed by atoms with Crippen molar-refractivity contribution in [3.05, 3.63) is 36.4 Å². The first kappa shape index (κ1) is 10.3. The lowest BCUT2D eigenvalue weighted by atomic mass is 10.2. The number of ether oxygens (including phenoxy) is 1. The fraction of sp³-hybridized carbons (Fsp3) is 0.200. The van der Waals surface area contributed by atoms with Crippen molar-refractivity contribution < 1.29 is 9.53 Å². The summed E-state index contributed by atoms with van der Waals surface area (Å²) in [7, 11) is 0. The molecule has 0 aliphatic heterocycles. The summed E-state index contributed by atoms with van der Waals surface area (Å²) in [5, 5.41) is 3.96. The Hall–Kier alpha value is -2.24. The second-order valence-corrected chi connectivity index (χ2v) is 3.12. The van der Waals surface area contributed by atoms with Gasteiger partial charge in [0.1, 0.15) is 12.9 Å². The zero-order chi connectivity index (χ0) is 11.5. The Morgan fingerprint density at radius 1 is 1.62 bits per heavy atom.